The van der Waals surface area contributed by atoms with Gasteiger partial charge in [-0.2, -0.15) is 0 Å². The second-order valence-corrected chi connectivity index (χ2v) is 3.86. The number of carbonyl (C=O) groups excluding carboxylic acids is 1. The number of amides is 1. The van der Waals surface area contributed by atoms with Gasteiger partial charge in [0.1, 0.15) is 0 Å². The Bertz CT molecular complexity index is 316. The molecule has 82 valence electrons. The summed E-state index contributed by atoms with van der Waals surface area (Å²) in [6.07, 6.45) is 5.71. The lowest BCUT2D eigenvalue weighted by Gasteiger charge is -2.20. The maximum atomic E-state index is 11.8. The van der Waals surface area contributed by atoms with E-state index in [9.17, 15) is 4.79 Å². The molecule has 0 saturated carbocycles. The summed E-state index contributed by atoms with van der Waals surface area (Å²) in [5.41, 5.74) is 0. The van der Waals surface area contributed by atoms with Gasteiger partial charge in [0.2, 0.25) is 11.9 Å². The summed E-state index contributed by atoms with van der Waals surface area (Å²) in [4.78, 5) is 22.6. The van der Waals surface area contributed by atoms with E-state index in [1.54, 1.807) is 12.4 Å². The van der Waals surface area contributed by atoms with E-state index in [1.807, 2.05) is 16.8 Å². The van der Waals surface area contributed by atoms with Crippen LogP contribution in [0, 0.1) is 0 Å². The van der Waals surface area contributed by atoms with E-state index in [4.69, 9.17) is 0 Å². The van der Waals surface area contributed by atoms with Gasteiger partial charge in [-0.15, -0.1) is 0 Å². The number of carbonyl (C=O) groups is 1. The van der Waals surface area contributed by atoms with E-state index in [-0.39, 0.29) is 5.91 Å². The number of anilines is 1. The zero-order chi connectivity index (χ0) is 10.7. The molecule has 0 atom stereocenters. The second kappa shape index (κ2) is 4.33. The van der Waals surface area contributed by atoms with Crippen molar-refractivity contribution in [1.82, 2.24) is 14.9 Å². The lowest BCUT2D eigenvalue weighted by Crippen LogP contribution is -2.37. The molecule has 1 fully saturated rings. The van der Waals surface area contributed by atoms with Crippen LogP contribution in [0.5, 0.6) is 0 Å². The topological polar surface area (TPSA) is 52.2 Å². The minimum absolute atomic E-state index is 0.186. The van der Waals surface area contributed by atoms with Crippen molar-refractivity contribution in [2.24, 2.45) is 0 Å². The highest BCUT2D eigenvalue weighted by atomic mass is 16.2. The highest BCUT2D eigenvalue weighted by Gasteiger charge is 2.19. The van der Waals surface area contributed by atoms with Crippen LogP contribution in [0.4, 0.5) is 5.95 Å². The number of rotatable bonds is 3. The number of aromatic amines is 1. The van der Waals surface area contributed by atoms with Gasteiger partial charge in [0.05, 0.1) is 6.54 Å². The number of likely N-dealkylation sites (tertiary alicyclic amines) is 1. The molecule has 1 aliphatic rings. The average Bonchev–Trinajstić information content (AvgIpc) is 2.91. The summed E-state index contributed by atoms with van der Waals surface area (Å²) >= 11 is 0. The number of H-pyrrole nitrogens is 1. The number of imidazole rings is 1. The molecule has 0 radical (unpaired) electrons. The molecule has 0 bridgehead atoms. The quantitative estimate of drug-likeness (QED) is 0.785. The van der Waals surface area contributed by atoms with Gasteiger partial charge < -0.3 is 14.8 Å². The van der Waals surface area contributed by atoms with Crippen LogP contribution >= 0.6 is 0 Å². The van der Waals surface area contributed by atoms with Crippen molar-refractivity contribution < 1.29 is 4.79 Å². The highest BCUT2D eigenvalue weighted by Crippen LogP contribution is 2.09. The van der Waals surface area contributed by atoms with Crippen molar-refractivity contribution in [2.45, 2.75) is 12.8 Å². The van der Waals surface area contributed by atoms with Crippen molar-refractivity contribution >= 4 is 11.9 Å². The van der Waals surface area contributed by atoms with Crippen LogP contribution in [0.15, 0.2) is 12.4 Å². The molecule has 5 heteroatoms. The second-order valence-electron chi connectivity index (χ2n) is 3.86. The van der Waals surface area contributed by atoms with Crippen LogP contribution in [-0.4, -0.2) is 47.5 Å². The van der Waals surface area contributed by atoms with Crippen molar-refractivity contribution in [2.75, 3.05) is 31.6 Å². The molecule has 0 spiro atoms. The number of aromatic nitrogens is 2. The van der Waals surface area contributed by atoms with Gasteiger partial charge in [-0.1, -0.05) is 0 Å². The molecular formula is C10H16N4O. The zero-order valence-electron chi connectivity index (χ0n) is 8.94. The van der Waals surface area contributed by atoms with E-state index >= 15 is 0 Å². The fourth-order valence-corrected chi connectivity index (χ4v) is 1.81. The van der Waals surface area contributed by atoms with Crippen molar-refractivity contribution in [3.8, 4) is 0 Å². The third-order valence-corrected chi connectivity index (χ3v) is 2.68. The van der Waals surface area contributed by atoms with Crippen molar-refractivity contribution in [3.63, 3.8) is 0 Å². The van der Waals surface area contributed by atoms with Crippen LogP contribution in [0.25, 0.3) is 0 Å². The molecule has 2 rings (SSSR count). The average molecular weight is 208 g/mol. The van der Waals surface area contributed by atoms with Gasteiger partial charge in [0.15, 0.2) is 0 Å². The Morgan fingerprint density at radius 1 is 1.60 bits per heavy atom. The van der Waals surface area contributed by atoms with E-state index in [2.05, 4.69) is 9.97 Å². The highest BCUT2D eigenvalue weighted by molar-refractivity contribution is 5.81. The van der Waals surface area contributed by atoms with Crippen LogP contribution in [-0.2, 0) is 4.79 Å². The molecule has 1 N–H and O–H groups in total. The lowest BCUT2D eigenvalue weighted by molar-refractivity contribution is -0.128. The number of hydrogen-bond acceptors (Lipinski definition) is 3. The summed E-state index contributed by atoms with van der Waals surface area (Å²) in [6.45, 7) is 2.21. The SMILES string of the molecule is CN(CC(=O)N1CCCC1)c1ncc[nH]1. The Hall–Kier alpha value is -1.52. The molecule has 1 aliphatic heterocycles. The molecule has 1 saturated heterocycles. The summed E-state index contributed by atoms with van der Waals surface area (Å²) in [6, 6.07) is 0. The number of hydrogen-bond donors (Lipinski definition) is 1. The Labute approximate surface area is 89.1 Å². The molecule has 5 nitrogen and oxygen atoms in total. The number of likely N-dealkylation sites (N-methyl/N-ethyl adjacent to an activating group) is 1. The van der Waals surface area contributed by atoms with Gasteiger partial charge >= 0.3 is 0 Å². The molecule has 1 amide bonds. The summed E-state index contributed by atoms with van der Waals surface area (Å²) < 4.78 is 0. The minimum atomic E-state index is 0.186. The standard InChI is InChI=1S/C10H16N4O/c1-13(10-11-4-5-12-10)8-9(15)14-6-2-3-7-14/h4-5H,2-3,6-8H2,1H3,(H,11,12). The van der Waals surface area contributed by atoms with Crippen LogP contribution < -0.4 is 4.90 Å². The van der Waals surface area contributed by atoms with Crippen molar-refractivity contribution in [3.05, 3.63) is 12.4 Å². The monoisotopic (exact) mass is 208 g/mol. The Morgan fingerprint density at radius 3 is 2.93 bits per heavy atom. The first-order valence-corrected chi connectivity index (χ1v) is 5.25. The lowest BCUT2D eigenvalue weighted by atomic mass is 10.4. The zero-order valence-corrected chi connectivity index (χ0v) is 8.94. The first-order valence-electron chi connectivity index (χ1n) is 5.25. The van der Waals surface area contributed by atoms with Crippen LogP contribution in [0.1, 0.15) is 12.8 Å². The van der Waals surface area contributed by atoms with Gasteiger partial charge in [-0.25, -0.2) is 4.98 Å². The molecular weight excluding hydrogens is 192 g/mol. The summed E-state index contributed by atoms with van der Waals surface area (Å²) in [7, 11) is 1.87. The van der Waals surface area contributed by atoms with Crippen LogP contribution in [0.3, 0.4) is 0 Å². The minimum Gasteiger partial charge on any atom is -0.341 e. The van der Waals surface area contributed by atoms with Gasteiger partial charge in [-0.05, 0) is 12.8 Å². The molecule has 15 heavy (non-hydrogen) atoms. The molecule has 0 unspecified atom stereocenters. The maximum absolute atomic E-state index is 11.8. The van der Waals surface area contributed by atoms with E-state index in [0.29, 0.717) is 6.54 Å². The fourth-order valence-electron chi connectivity index (χ4n) is 1.81. The Morgan fingerprint density at radius 2 is 2.33 bits per heavy atom. The summed E-state index contributed by atoms with van der Waals surface area (Å²) in [5.74, 6) is 0.925. The molecule has 0 aromatic carbocycles. The third kappa shape index (κ3) is 2.29. The van der Waals surface area contributed by atoms with Gasteiger partial charge in [0, 0.05) is 32.5 Å². The Balaban J connectivity index is 1.88. The van der Waals surface area contributed by atoms with Crippen molar-refractivity contribution in [1.29, 1.82) is 0 Å². The molecule has 2 heterocycles. The van der Waals surface area contributed by atoms with Crippen LogP contribution in [0.2, 0.25) is 0 Å². The normalized spacial score (nSPS) is 15.7. The third-order valence-electron chi connectivity index (χ3n) is 2.68. The first kappa shape index (κ1) is 10.0. The maximum Gasteiger partial charge on any atom is 0.242 e. The molecule has 1 aromatic rings. The first-order chi connectivity index (χ1) is 7.27. The number of nitrogens with one attached hydrogen (secondary N) is 1. The molecule has 1 aromatic heterocycles. The Kier molecular flexibility index (Phi) is 2.89. The van der Waals surface area contributed by atoms with Gasteiger partial charge in [-0.3, -0.25) is 4.79 Å². The number of nitrogens with zero attached hydrogens (tertiary/aromatic N) is 3. The molecule has 0 aliphatic carbocycles. The van der Waals surface area contributed by atoms with E-state index < -0.39 is 0 Å². The van der Waals surface area contributed by atoms with E-state index in [0.717, 1.165) is 31.9 Å². The fraction of sp³-hybridized carbons (Fsp3) is 0.600. The smallest absolute Gasteiger partial charge is 0.242 e. The largest absolute Gasteiger partial charge is 0.341 e. The van der Waals surface area contributed by atoms with Gasteiger partial charge in [0.25, 0.3) is 0 Å². The van der Waals surface area contributed by atoms with E-state index in [1.165, 1.54) is 0 Å². The predicted molar refractivity (Wildman–Crippen MR) is 57.7 cm³/mol. The summed E-state index contributed by atoms with van der Waals surface area (Å²) in [5, 5.41) is 0. The predicted octanol–water partition coefficient (Wildman–Crippen LogP) is 0.468.